The molecule has 0 unspecified atom stereocenters. The van der Waals surface area contributed by atoms with Gasteiger partial charge >= 0.3 is 5.97 Å². The first kappa shape index (κ1) is 27.2. The molecule has 0 heterocycles. The Bertz CT molecular complexity index is 1440. The molecule has 1 N–H and O–H groups in total. The van der Waals surface area contributed by atoms with E-state index in [4.69, 9.17) is 30.5 Å². The van der Waals surface area contributed by atoms with Crippen LogP contribution in [0, 0.1) is 0 Å². The van der Waals surface area contributed by atoms with Gasteiger partial charge in [-0.15, -0.1) is 0 Å². The second-order valence-corrected chi connectivity index (χ2v) is 8.51. The van der Waals surface area contributed by atoms with Crippen LogP contribution < -0.4 is 24.4 Å². The second-order valence-electron chi connectivity index (χ2n) is 8.11. The zero-order chi connectivity index (χ0) is 27.5. The number of ether oxygens (including phenoxy) is 4. The van der Waals surface area contributed by atoms with Gasteiger partial charge in [0.25, 0.3) is 5.91 Å². The van der Waals surface area contributed by atoms with Crippen molar-refractivity contribution in [3.05, 3.63) is 119 Å². The number of benzene rings is 4. The first-order valence-corrected chi connectivity index (χ1v) is 12.3. The van der Waals surface area contributed by atoms with Crippen molar-refractivity contribution in [3.8, 4) is 23.0 Å². The molecule has 0 aliphatic rings. The van der Waals surface area contributed by atoms with Crippen molar-refractivity contribution in [1.29, 1.82) is 0 Å². The highest BCUT2D eigenvalue weighted by molar-refractivity contribution is 6.33. The van der Waals surface area contributed by atoms with Crippen molar-refractivity contribution in [2.45, 2.75) is 6.61 Å². The first-order chi connectivity index (χ1) is 19.0. The summed E-state index contributed by atoms with van der Waals surface area (Å²) in [6, 6.07) is 28.3. The van der Waals surface area contributed by atoms with E-state index in [9.17, 15) is 9.59 Å². The van der Waals surface area contributed by atoms with Crippen molar-refractivity contribution in [1.82, 2.24) is 5.43 Å². The van der Waals surface area contributed by atoms with Crippen LogP contribution in [0.15, 0.2) is 102 Å². The minimum Gasteiger partial charge on any atom is -0.493 e. The maximum Gasteiger partial charge on any atom is 0.345 e. The number of esters is 1. The van der Waals surface area contributed by atoms with E-state index < -0.39 is 11.9 Å². The highest BCUT2D eigenvalue weighted by Crippen LogP contribution is 2.29. The van der Waals surface area contributed by atoms with E-state index in [1.165, 1.54) is 13.3 Å². The van der Waals surface area contributed by atoms with E-state index in [2.05, 4.69) is 10.5 Å². The lowest BCUT2D eigenvalue weighted by atomic mass is 10.2. The van der Waals surface area contributed by atoms with Crippen LogP contribution in [0.4, 0.5) is 0 Å². The van der Waals surface area contributed by atoms with Crippen LogP contribution in [0.25, 0.3) is 0 Å². The molecule has 8 nitrogen and oxygen atoms in total. The monoisotopic (exact) mass is 544 g/mol. The largest absolute Gasteiger partial charge is 0.493 e. The fourth-order valence-electron chi connectivity index (χ4n) is 3.36. The molecular weight excluding hydrogens is 520 g/mol. The first-order valence-electron chi connectivity index (χ1n) is 11.9. The van der Waals surface area contributed by atoms with Gasteiger partial charge in [0.2, 0.25) is 0 Å². The number of rotatable bonds is 11. The predicted octanol–water partition coefficient (Wildman–Crippen LogP) is 5.68. The van der Waals surface area contributed by atoms with E-state index in [0.717, 1.165) is 5.56 Å². The smallest absolute Gasteiger partial charge is 0.345 e. The van der Waals surface area contributed by atoms with E-state index in [1.807, 2.05) is 30.3 Å². The molecule has 0 fully saturated rings. The fourth-order valence-corrected chi connectivity index (χ4v) is 3.58. The quantitative estimate of drug-likeness (QED) is 0.113. The second kappa shape index (κ2) is 13.6. The third-order valence-electron chi connectivity index (χ3n) is 5.33. The molecule has 0 aliphatic carbocycles. The van der Waals surface area contributed by atoms with Crippen LogP contribution in [0.3, 0.4) is 0 Å². The fraction of sp³-hybridized carbons (Fsp3) is 0.100. The van der Waals surface area contributed by atoms with Gasteiger partial charge in [0.05, 0.1) is 23.9 Å². The maximum absolute atomic E-state index is 12.4. The molecule has 0 bridgehead atoms. The predicted molar refractivity (Wildman–Crippen MR) is 148 cm³/mol. The van der Waals surface area contributed by atoms with Crippen LogP contribution >= 0.6 is 11.6 Å². The van der Waals surface area contributed by atoms with Gasteiger partial charge in [0.15, 0.2) is 18.1 Å². The Hall–Kier alpha value is -4.82. The summed E-state index contributed by atoms with van der Waals surface area (Å²) in [7, 11) is 1.45. The molecule has 1 amide bonds. The Morgan fingerprint density at radius 3 is 2.26 bits per heavy atom. The lowest BCUT2D eigenvalue weighted by Crippen LogP contribution is -2.24. The Morgan fingerprint density at radius 1 is 0.846 bits per heavy atom. The standard InChI is InChI=1S/C30H25ClN2O6/c1-36-28-17-22(11-16-27(28)39-30(35)25-9-5-6-10-26(25)31)18-32-33-29(34)20-38-24-14-12-23(13-15-24)37-19-21-7-3-2-4-8-21/h2-18H,19-20H2,1H3,(H,33,34)/b32-18+. The molecule has 198 valence electrons. The van der Waals surface area contributed by atoms with Gasteiger partial charge in [-0.3, -0.25) is 4.79 Å². The van der Waals surface area contributed by atoms with E-state index >= 15 is 0 Å². The van der Waals surface area contributed by atoms with Gasteiger partial charge in [-0.05, 0) is 65.7 Å². The number of nitrogens with one attached hydrogen (secondary N) is 1. The maximum atomic E-state index is 12.4. The summed E-state index contributed by atoms with van der Waals surface area (Å²) in [5.74, 6) is 0.696. The SMILES string of the molecule is COc1cc(/C=N/NC(=O)COc2ccc(OCc3ccccc3)cc2)ccc1OC(=O)c1ccccc1Cl. The molecule has 0 spiro atoms. The molecule has 0 aliphatic heterocycles. The third kappa shape index (κ3) is 8.08. The Balaban J connectivity index is 1.24. The third-order valence-corrected chi connectivity index (χ3v) is 5.66. The van der Waals surface area contributed by atoms with Crippen molar-refractivity contribution in [3.63, 3.8) is 0 Å². The highest BCUT2D eigenvalue weighted by atomic mass is 35.5. The summed E-state index contributed by atoms with van der Waals surface area (Å²) >= 11 is 6.06. The summed E-state index contributed by atoms with van der Waals surface area (Å²) in [6.45, 7) is 0.242. The number of carbonyl (C=O) groups is 2. The molecule has 0 atom stereocenters. The summed E-state index contributed by atoms with van der Waals surface area (Å²) in [6.07, 6.45) is 1.43. The molecule has 9 heteroatoms. The van der Waals surface area contributed by atoms with E-state index in [1.54, 1.807) is 66.7 Å². The van der Waals surface area contributed by atoms with Gasteiger partial charge in [-0.1, -0.05) is 54.1 Å². The molecule has 4 aromatic rings. The lowest BCUT2D eigenvalue weighted by Gasteiger charge is -2.10. The number of hydrazone groups is 1. The molecular formula is C30H25ClN2O6. The number of methoxy groups -OCH3 is 1. The average molecular weight is 545 g/mol. The number of carbonyl (C=O) groups excluding carboxylic acids is 2. The molecule has 0 saturated carbocycles. The molecule has 4 aromatic carbocycles. The van der Waals surface area contributed by atoms with Crippen LogP contribution in [0.2, 0.25) is 5.02 Å². The van der Waals surface area contributed by atoms with Crippen molar-refractivity contribution in [2.24, 2.45) is 5.10 Å². The lowest BCUT2D eigenvalue weighted by molar-refractivity contribution is -0.123. The summed E-state index contributed by atoms with van der Waals surface area (Å²) < 4.78 is 22.0. The summed E-state index contributed by atoms with van der Waals surface area (Å²) in [5, 5.41) is 4.23. The van der Waals surface area contributed by atoms with Crippen molar-refractivity contribution < 1.29 is 28.5 Å². The molecule has 0 saturated heterocycles. The Morgan fingerprint density at radius 2 is 1.54 bits per heavy atom. The highest BCUT2D eigenvalue weighted by Gasteiger charge is 2.15. The van der Waals surface area contributed by atoms with Crippen molar-refractivity contribution in [2.75, 3.05) is 13.7 Å². The molecule has 39 heavy (non-hydrogen) atoms. The Labute approximate surface area is 230 Å². The summed E-state index contributed by atoms with van der Waals surface area (Å²) in [5.41, 5.74) is 4.32. The number of nitrogens with zero attached hydrogens (tertiary/aromatic N) is 1. The number of halogens is 1. The number of hydrogen-bond acceptors (Lipinski definition) is 7. The zero-order valence-electron chi connectivity index (χ0n) is 21.0. The number of amides is 1. The zero-order valence-corrected chi connectivity index (χ0v) is 21.8. The Kier molecular flexibility index (Phi) is 9.52. The molecule has 0 radical (unpaired) electrons. The van der Waals surface area contributed by atoms with Crippen LogP contribution in [0.5, 0.6) is 23.0 Å². The topological polar surface area (TPSA) is 95.5 Å². The average Bonchev–Trinajstić information content (AvgIpc) is 2.97. The molecule has 4 rings (SSSR count). The van der Waals surface area contributed by atoms with Gasteiger partial charge in [0.1, 0.15) is 18.1 Å². The minimum atomic E-state index is -0.609. The van der Waals surface area contributed by atoms with E-state index in [0.29, 0.717) is 29.4 Å². The van der Waals surface area contributed by atoms with Crippen LogP contribution in [-0.4, -0.2) is 31.8 Å². The number of hydrogen-bond donors (Lipinski definition) is 1. The van der Waals surface area contributed by atoms with Crippen molar-refractivity contribution >= 4 is 29.7 Å². The van der Waals surface area contributed by atoms with Gasteiger partial charge in [-0.25, -0.2) is 10.2 Å². The minimum absolute atomic E-state index is 0.216. The van der Waals surface area contributed by atoms with Gasteiger partial charge in [-0.2, -0.15) is 5.10 Å². The van der Waals surface area contributed by atoms with Gasteiger partial charge in [0, 0.05) is 0 Å². The van der Waals surface area contributed by atoms with Gasteiger partial charge < -0.3 is 18.9 Å². The van der Waals surface area contributed by atoms with E-state index in [-0.39, 0.29) is 22.9 Å². The van der Waals surface area contributed by atoms with Crippen LogP contribution in [0.1, 0.15) is 21.5 Å². The normalized spacial score (nSPS) is 10.6. The molecule has 0 aromatic heterocycles. The summed E-state index contributed by atoms with van der Waals surface area (Å²) in [4.78, 5) is 24.6. The van der Waals surface area contributed by atoms with Crippen LogP contribution in [-0.2, 0) is 11.4 Å².